The minimum atomic E-state index is -0.448. The number of halogens is 1. The summed E-state index contributed by atoms with van der Waals surface area (Å²) in [6.45, 7) is 0.349. The van der Waals surface area contributed by atoms with Crippen LogP contribution in [0.4, 0.5) is 5.13 Å². The Morgan fingerprint density at radius 3 is 2.67 bits per heavy atom. The predicted molar refractivity (Wildman–Crippen MR) is 125 cm³/mol. The average molecular weight is 464 g/mol. The van der Waals surface area contributed by atoms with E-state index in [1.165, 1.54) is 29.5 Å². The Kier molecular flexibility index (Phi) is 7.84. The summed E-state index contributed by atoms with van der Waals surface area (Å²) in [5, 5.41) is 28.5. The molecule has 1 heterocycles. The maximum atomic E-state index is 12.8. The van der Waals surface area contributed by atoms with Crippen molar-refractivity contribution in [3.8, 4) is 22.8 Å². The molecule has 0 saturated heterocycles. The SMILES string of the molecule is CSCC[C@@H](Nc1nc(-c2cc(O)cc(O)c2)cs1)C(=O)NCc1ccccc1Cl. The van der Waals surface area contributed by atoms with Crippen LogP contribution in [-0.4, -0.2) is 39.2 Å². The number of anilines is 1. The molecule has 4 N–H and O–H groups in total. The van der Waals surface area contributed by atoms with Crippen LogP contribution in [-0.2, 0) is 11.3 Å². The molecule has 0 radical (unpaired) electrons. The highest BCUT2D eigenvalue weighted by molar-refractivity contribution is 7.98. The lowest BCUT2D eigenvalue weighted by Crippen LogP contribution is -2.39. The van der Waals surface area contributed by atoms with Crippen molar-refractivity contribution in [1.29, 1.82) is 0 Å². The molecule has 0 spiro atoms. The number of hydrogen-bond donors (Lipinski definition) is 4. The average Bonchev–Trinajstić information content (AvgIpc) is 3.18. The first-order valence-corrected chi connectivity index (χ1v) is 11.9. The van der Waals surface area contributed by atoms with Crippen molar-refractivity contribution in [2.24, 2.45) is 0 Å². The predicted octanol–water partition coefficient (Wildman–Crippen LogP) is 4.72. The number of nitrogens with one attached hydrogen (secondary N) is 2. The van der Waals surface area contributed by atoms with Gasteiger partial charge in [-0.1, -0.05) is 29.8 Å². The lowest BCUT2D eigenvalue weighted by atomic mass is 10.1. The van der Waals surface area contributed by atoms with Crippen LogP contribution in [0, 0.1) is 0 Å². The molecule has 9 heteroatoms. The van der Waals surface area contributed by atoms with Crippen LogP contribution in [0.3, 0.4) is 0 Å². The lowest BCUT2D eigenvalue weighted by molar-refractivity contribution is -0.122. The zero-order valence-electron chi connectivity index (χ0n) is 16.3. The van der Waals surface area contributed by atoms with E-state index in [4.69, 9.17) is 11.6 Å². The summed E-state index contributed by atoms with van der Waals surface area (Å²) in [4.78, 5) is 17.3. The summed E-state index contributed by atoms with van der Waals surface area (Å²) in [6, 6.07) is 11.3. The molecule has 3 aromatic rings. The number of amides is 1. The number of benzene rings is 2. The van der Waals surface area contributed by atoms with Gasteiger partial charge in [0.05, 0.1) is 5.69 Å². The third kappa shape index (κ3) is 6.04. The Bertz CT molecular complexity index is 992. The van der Waals surface area contributed by atoms with Crippen LogP contribution in [0.1, 0.15) is 12.0 Å². The van der Waals surface area contributed by atoms with Crippen LogP contribution >= 0.6 is 34.7 Å². The Balaban J connectivity index is 1.69. The van der Waals surface area contributed by atoms with Gasteiger partial charge >= 0.3 is 0 Å². The number of phenols is 2. The van der Waals surface area contributed by atoms with E-state index >= 15 is 0 Å². The summed E-state index contributed by atoms with van der Waals surface area (Å²) in [7, 11) is 0. The summed E-state index contributed by atoms with van der Waals surface area (Å²) >= 11 is 9.19. The number of thioether (sulfide) groups is 1. The van der Waals surface area contributed by atoms with Crippen LogP contribution < -0.4 is 10.6 Å². The zero-order valence-corrected chi connectivity index (χ0v) is 18.7. The minimum Gasteiger partial charge on any atom is -0.508 e. The Hall–Kier alpha value is -2.42. The summed E-state index contributed by atoms with van der Waals surface area (Å²) < 4.78 is 0. The molecule has 1 aromatic heterocycles. The number of carbonyl (C=O) groups is 1. The van der Waals surface area contributed by atoms with Gasteiger partial charge in [-0.3, -0.25) is 4.79 Å². The topological polar surface area (TPSA) is 94.5 Å². The van der Waals surface area contributed by atoms with Gasteiger partial charge in [0.2, 0.25) is 5.91 Å². The third-order valence-corrected chi connectivity index (χ3v) is 6.12. The van der Waals surface area contributed by atoms with Gasteiger partial charge in [0.15, 0.2) is 5.13 Å². The van der Waals surface area contributed by atoms with E-state index in [0.29, 0.717) is 34.4 Å². The molecule has 0 aliphatic carbocycles. The molecule has 0 aliphatic heterocycles. The first-order valence-electron chi connectivity index (χ1n) is 9.22. The monoisotopic (exact) mass is 463 g/mol. The normalized spacial score (nSPS) is 11.8. The second kappa shape index (κ2) is 10.6. The van der Waals surface area contributed by atoms with E-state index in [-0.39, 0.29) is 17.4 Å². The van der Waals surface area contributed by atoms with Crippen molar-refractivity contribution in [2.45, 2.75) is 19.0 Å². The van der Waals surface area contributed by atoms with Crippen molar-refractivity contribution < 1.29 is 15.0 Å². The van der Waals surface area contributed by atoms with Gasteiger partial charge in [0.25, 0.3) is 0 Å². The number of carbonyl (C=O) groups excluding carboxylic acids is 1. The number of rotatable bonds is 9. The van der Waals surface area contributed by atoms with Crippen molar-refractivity contribution in [2.75, 3.05) is 17.3 Å². The highest BCUT2D eigenvalue weighted by atomic mass is 35.5. The van der Waals surface area contributed by atoms with Gasteiger partial charge in [-0.2, -0.15) is 11.8 Å². The summed E-state index contributed by atoms with van der Waals surface area (Å²) in [5.74, 6) is 0.611. The maximum Gasteiger partial charge on any atom is 0.242 e. The van der Waals surface area contributed by atoms with Gasteiger partial charge in [0, 0.05) is 28.6 Å². The highest BCUT2D eigenvalue weighted by Gasteiger charge is 2.20. The van der Waals surface area contributed by atoms with E-state index in [1.807, 2.05) is 29.8 Å². The second-order valence-corrected chi connectivity index (χ2v) is 8.81. The van der Waals surface area contributed by atoms with E-state index < -0.39 is 6.04 Å². The largest absolute Gasteiger partial charge is 0.508 e. The first kappa shape index (κ1) is 22.3. The summed E-state index contributed by atoms with van der Waals surface area (Å²) in [5.41, 5.74) is 2.06. The zero-order chi connectivity index (χ0) is 21.5. The van der Waals surface area contributed by atoms with E-state index in [1.54, 1.807) is 17.8 Å². The van der Waals surface area contributed by atoms with Gasteiger partial charge in [-0.15, -0.1) is 11.3 Å². The van der Waals surface area contributed by atoms with Crippen molar-refractivity contribution in [3.63, 3.8) is 0 Å². The molecule has 1 atom stereocenters. The molecule has 0 bridgehead atoms. The molecule has 0 aliphatic rings. The van der Waals surface area contributed by atoms with Gasteiger partial charge in [-0.05, 0) is 42.2 Å². The maximum absolute atomic E-state index is 12.8. The Labute approximate surface area is 188 Å². The van der Waals surface area contributed by atoms with Gasteiger partial charge in [-0.25, -0.2) is 4.98 Å². The number of hydrogen-bond acceptors (Lipinski definition) is 7. The molecule has 2 aromatic carbocycles. The molecule has 3 rings (SSSR count). The van der Waals surface area contributed by atoms with Gasteiger partial charge in [0.1, 0.15) is 17.5 Å². The molecule has 0 unspecified atom stereocenters. The molecular weight excluding hydrogens is 442 g/mol. The highest BCUT2D eigenvalue weighted by Crippen LogP contribution is 2.31. The fourth-order valence-electron chi connectivity index (χ4n) is 2.82. The summed E-state index contributed by atoms with van der Waals surface area (Å²) in [6.07, 6.45) is 2.63. The fourth-order valence-corrected chi connectivity index (χ4v) is 4.26. The number of thiazole rings is 1. The fraction of sp³-hybridized carbons (Fsp3) is 0.238. The smallest absolute Gasteiger partial charge is 0.242 e. The number of aromatic nitrogens is 1. The van der Waals surface area contributed by atoms with Crippen molar-refractivity contribution in [3.05, 3.63) is 58.4 Å². The number of nitrogens with zero attached hydrogens (tertiary/aromatic N) is 1. The van der Waals surface area contributed by atoms with Crippen LogP contribution in [0.5, 0.6) is 11.5 Å². The first-order chi connectivity index (χ1) is 14.5. The second-order valence-electron chi connectivity index (χ2n) is 6.56. The number of phenolic OH excluding ortho intramolecular Hbond substituents is 2. The molecule has 0 fully saturated rings. The van der Waals surface area contributed by atoms with E-state index in [2.05, 4.69) is 15.6 Å². The molecule has 30 heavy (non-hydrogen) atoms. The Morgan fingerprint density at radius 2 is 1.97 bits per heavy atom. The minimum absolute atomic E-state index is 0.0377. The molecule has 1 amide bonds. The molecular formula is C21H22ClN3O3S2. The van der Waals surface area contributed by atoms with Gasteiger partial charge < -0.3 is 20.8 Å². The van der Waals surface area contributed by atoms with Crippen molar-refractivity contribution in [1.82, 2.24) is 10.3 Å². The number of aromatic hydroxyl groups is 2. The molecule has 158 valence electrons. The van der Waals surface area contributed by atoms with E-state index in [0.717, 1.165) is 11.3 Å². The van der Waals surface area contributed by atoms with Crippen LogP contribution in [0.25, 0.3) is 11.3 Å². The molecule has 6 nitrogen and oxygen atoms in total. The molecule has 0 saturated carbocycles. The van der Waals surface area contributed by atoms with Crippen LogP contribution in [0.15, 0.2) is 47.8 Å². The standard InChI is InChI=1S/C21H22ClN3O3S2/c1-29-7-6-18(20(28)23-11-13-4-2-3-5-17(13)22)24-21-25-19(12-30-21)14-8-15(26)10-16(27)9-14/h2-5,8-10,12,18,26-27H,6-7,11H2,1H3,(H,23,28)(H,24,25)/t18-/m1/s1. The Morgan fingerprint density at radius 1 is 1.23 bits per heavy atom. The van der Waals surface area contributed by atoms with E-state index in [9.17, 15) is 15.0 Å². The van der Waals surface area contributed by atoms with Crippen LogP contribution in [0.2, 0.25) is 5.02 Å². The third-order valence-electron chi connectivity index (χ3n) is 4.34. The quantitative estimate of drug-likeness (QED) is 0.366. The lowest BCUT2D eigenvalue weighted by Gasteiger charge is -2.18. The van der Waals surface area contributed by atoms with Crippen molar-refractivity contribution >= 4 is 45.7 Å².